The number of hydrogen-bond acceptors (Lipinski definition) is 4. The maximum atomic E-state index is 12.9. The third-order valence-electron chi connectivity index (χ3n) is 3.75. The summed E-state index contributed by atoms with van der Waals surface area (Å²) in [5, 5.41) is 4.33. The molecular weight excluding hydrogens is 449 g/mol. The van der Waals surface area contributed by atoms with Crippen LogP contribution in [0.5, 0.6) is 5.75 Å². The summed E-state index contributed by atoms with van der Waals surface area (Å²) in [6, 6.07) is 8.19. The summed E-state index contributed by atoms with van der Waals surface area (Å²) in [6.45, 7) is -3.46. The average molecular weight is 466 g/mol. The van der Waals surface area contributed by atoms with Crippen LogP contribution in [0.2, 0.25) is 5.02 Å². The first-order chi connectivity index (χ1) is 14.4. The maximum absolute atomic E-state index is 12.9. The van der Waals surface area contributed by atoms with E-state index in [9.17, 15) is 31.5 Å². The maximum Gasteiger partial charge on any atom is 0.417 e. The number of carbonyl (C=O) groups is 2. The molecule has 2 amide bonds. The van der Waals surface area contributed by atoms with Crippen molar-refractivity contribution < 1.29 is 36.3 Å². The summed E-state index contributed by atoms with van der Waals surface area (Å²) >= 11 is 5.53. The number of hydrogen-bond donors (Lipinski definition) is 2. The minimum atomic E-state index is -4.67. The van der Waals surface area contributed by atoms with Gasteiger partial charge in [0, 0.05) is 11.4 Å². The molecule has 2 N–H and O–H groups in total. The van der Waals surface area contributed by atoms with Crippen LogP contribution in [0.15, 0.2) is 42.5 Å². The van der Waals surface area contributed by atoms with E-state index in [1.54, 1.807) is 0 Å². The van der Waals surface area contributed by atoms with Gasteiger partial charge in [0.1, 0.15) is 5.75 Å². The number of carbonyl (C=O) groups excluding carboxylic acids is 2. The highest BCUT2D eigenvalue weighted by molar-refractivity contribution is 6.31. The first kappa shape index (κ1) is 24.4. The second kappa shape index (κ2) is 10.4. The van der Waals surface area contributed by atoms with Gasteiger partial charge in [-0.25, -0.2) is 0 Å². The van der Waals surface area contributed by atoms with Gasteiger partial charge in [0.15, 0.2) is 0 Å². The molecule has 0 bridgehead atoms. The lowest BCUT2D eigenvalue weighted by Crippen LogP contribution is -2.36. The fraction of sp³-hybridized carbons (Fsp3) is 0.263. The Bertz CT molecular complexity index is 923. The lowest BCUT2D eigenvalue weighted by atomic mass is 10.2. The van der Waals surface area contributed by atoms with Crippen molar-refractivity contribution in [1.82, 2.24) is 4.90 Å². The predicted molar refractivity (Wildman–Crippen MR) is 104 cm³/mol. The van der Waals surface area contributed by atoms with Crippen LogP contribution in [-0.2, 0) is 15.8 Å². The van der Waals surface area contributed by atoms with E-state index < -0.39 is 35.2 Å². The van der Waals surface area contributed by atoms with E-state index in [1.165, 1.54) is 42.3 Å². The molecule has 2 rings (SSSR count). The number of nitrogens with zero attached hydrogens (tertiary/aromatic N) is 1. The molecule has 0 radical (unpaired) electrons. The topological polar surface area (TPSA) is 70.7 Å². The number of amides is 2. The van der Waals surface area contributed by atoms with Crippen LogP contribution in [0, 0.1) is 0 Å². The zero-order chi connectivity index (χ0) is 23.2. The fourth-order valence-corrected chi connectivity index (χ4v) is 2.71. The smallest absolute Gasteiger partial charge is 0.417 e. The summed E-state index contributed by atoms with van der Waals surface area (Å²) in [5.41, 5.74) is -0.847. The molecule has 0 fully saturated rings. The summed E-state index contributed by atoms with van der Waals surface area (Å²) < 4.78 is 67.1. The van der Waals surface area contributed by atoms with Crippen molar-refractivity contribution in [3.8, 4) is 5.75 Å². The third-order valence-corrected chi connectivity index (χ3v) is 4.08. The van der Waals surface area contributed by atoms with Crippen molar-refractivity contribution in [1.29, 1.82) is 0 Å². The van der Waals surface area contributed by atoms with Gasteiger partial charge < -0.3 is 15.4 Å². The van der Waals surface area contributed by atoms with Gasteiger partial charge >= 0.3 is 12.8 Å². The Labute approximate surface area is 178 Å². The Kier molecular flexibility index (Phi) is 8.17. The molecule has 0 atom stereocenters. The number of halogens is 6. The van der Waals surface area contributed by atoms with Gasteiger partial charge in [-0.05, 0) is 49.5 Å². The van der Waals surface area contributed by atoms with E-state index in [2.05, 4.69) is 15.4 Å². The van der Waals surface area contributed by atoms with Crippen molar-refractivity contribution in [3.63, 3.8) is 0 Å². The number of anilines is 2. The predicted octanol–water partition coefficient (Wildman–Crippen LogP) is 4.47. The van der Waals surface area contributed by atoms with Gasteiger partial charge in [-0.3, -0.25) is 14.5 Å². The monoisotopic (exact) mass is 465 g/mol. The summed E-state index contributed by atoms with van der Waals surface area (Å²) in [7, 11) is 1.46. The highest BCUT2D eigenvalue weighted by Crippen LogP contribution is 2.36. The van der Waals surface area contributed by atoms with Gasteiger partial charge in [-0.2, -0.15) is 22.0 Å². The summed E-state index contributed by atoms with van der Waals surface area (Å²) in [6.07, 6.45) is -4.67. The quantitative estimate of drug-likeness (QED) is 0.564. The number of ether oxygens (including phenoxy) is 1. The summed E-state index contributed by atoms with van der Waals surface area (Å²) in [5.74, 6) is -1.21. The van der Waals surface area contributed by atoms with E-state index in [0.717, 1.165) is 6.07 Å². The standard InChI is InChI=1S/C19H17ClF5N3O3/c1-28(9-16(29)26-11-2-5-13(6-3-11)31-18(21)22)10-17(30)27-12-4-7-15(20)14(8-12)19(23,24)25/h2-8,18H,9-10H2,1H3,(H,26,29)(H,27,30). The van der Waals surface area contributed by atoms with E-state index in [0.29, 0.717) is 11.8 Å². The molecular formula is C19H17ClF5N3O3. The molecule has 168 valence electrons. The van der Waals surface area contributed by atoms with E-state index >= 15 is 0 Å². The van der Waals surface area contributed by atoms with Gasteiger partial charge in [0.05, 0.1) is 23.7 Å². The Morgan fingerprint density at radius 1 is 1.00 bits per heavy atom. The molecule has 0 saturated carbocycles. The van der Waals surface area contributed by atoms with Crippen molar-refractivity contribution in [2.75, 3.05) is 30.8 Å². The normalized spacial score (nSPS) is 11.5. The molecule has 0 saturated heterocycles. The minimum Gasteiger partial charge on any atom is -0.435 e. The van der Waals surface area contributed by atoms with E-state index in [-0.39, 0.29) is 24.5 Å². The van der Waals surface area contributed by atoms with Crippen molar-refractivity contribution in [3.05, 3.63) is 53.1 Å². The van der Waals surface area contributed by atoms with Crippen LogP contribution in [0.25, 0.3) is 0 Å². The second-order valence-corrected chi connectivity index (χ2v) is 6.77. The van der Waals surface area contributed by atoms with E-state index in [1.807, 2.05) is 0 Å². The molecule has 0 aliphatic carbocycles. The number of nitrogens with one attached hydrogen (secondary N) is 2. The van der Waals surface area contributed by atoms with Gasteiger partial charge in [0.25, 0.3) is 0 Å². The van der Waals surface area contributed by atoms with Crippen LogP contribution < -0.4 is 15.4 Å². The van der Waals surface area contributed by atoms with Crippen molar-refractivity contribution in [2.24, 2.45) is 0 Å². The molecule has 0 aliphatic heterocycles. The first-order valence-corrected chi connectivity index (χ1v) is 9.01. The molecule has 2 aromatic rings. The average Bonchev–Trinajstić information content (AvgIpc) is 2.63. The summed E-state index contributed by atoms with van der Waals surface area (Å²) in [4.78, 5) is 25.4. The van der Waals surface area contributed by atoms with Crippen molar-refractivity contribution in [2.45, 2.75) is 12.8 Å². The molecule has 0 unspecified atom stereocenters. The Hall–Kier alpha value is -2.92. The Morgan fingerprint density at radius 3 is 2.03 bits per heavy atom. The van der Waals surface area contributed by atoms with Crippen LogP contribution in [0.4, 0.5) is 33.3 Å². The van der Waals surface area contributed by atoms with Crippen LogP contribution in [0.1, 0.15) is 5.56 Å². The first-order valence-electron chi connectivity index (χ1n) is 8.64. The number of benzene rings is 2. The molecule has 2 aromatic carbocycles. The molecule has 0 aromatic heterocycles. The molecule has 31 heavy (non-hydrogen) atoms. The van der Waals surface area contributed by atoms with Gasteiger partial charge in [-0.1, -0.05) is 11.6 Å². The van der Waals surface area contributed by atoms with Crippen molar-refractivity contribution >= 4 is 34.8 Å². The third kappa shape index (κ3) is 8.02. The van der Waals surface area contributed by atoms with Crippen LogP contribution >= 0.6 is 11.6 Å². The number of alkyl halides is 5. The van der Waals surface area contributed by atoms with E-state index in [4.69, 9.17) is 11.6 Å². The SMILES string of the molecule is CN(CC(=O)Nc1ccc(OC(F)F)cc1)CC(=O)Nc1ccc(Cl)c(C(F)(F)F)c1. The van der Waals surface area contributed by atoms with Gasteiger partial charge in [-0.15, -0.1) is 0 Å². The number of likely N-dealkylation sites (N-methyl/N-ethyl adjacent to an activating group) is 1. The molecule has 12 heteroatoms. The van der Waals surface area contributed by atoms with Crippen LogP contribution in [0.3, 0.4) is 0 Å². The zero-order valence-corrected chi connectivity index (χ0v) is 16.7. The molecule has 0 spiro atoms. The molecule has 0 aliphatic rings. The Balaban J connectivity index is 1.86. The minimum absolute atomic E-state index is 0.0716. The highest BCUT2D eigenvalue weighted by atomic mass is 35.5. The van der Waals surface area contributed by atoms with Crippen LogP contribution in [-0.4, -0.2) is 43.5 Å². The highest BCUT2D eigenvalue weighted by Gasteiger charge is 2.33. The lowest BCUT2D eigenvalue weighted by Gasteiger charge is -2.17. The second-order valence-electron chi connectivity index (χ2n) is 6.36. The van der Waals surface area contributed by atoms with Gasteiger partial charge in [0.2, 0.25) is 11.8 Å². The molecule has 6 nitrogen and oxygen atoms in total. The zero-order valence-electron chi connectivity index (χ0n) is 16.0. The largest absolute Gasteiger partial charge is 0.435 e. The lowest BCUT2D eigenvalue weighted by molar-refractivity contribution is -0.137. The number of rotatable bonds is 8. The fourth-order valence-electron chi connectivity index (χ4n) is 2.49. The Morgan fingerprint density at radius 2 is 1.52 bits per heavy atom. The molecule has 0 heterocycles.